The summed E-state index contributed by atoms with van der Waals surface area (Å²) in [6.07, 6.45) is 6.39. The molecular formula is C19H26N4O2S. The monoisotopic (exact) mass is 374 g/mol. The predicted octanol–water partition coefficient (Wildman–Crippen LogP) is 3.37. The highest BCUT2D eigenvalue weighted by atomic mass is 32.2. The standard InChI is InChI=1S/C19H26N4O2S/c1-14-21-22-19(23(14)16-8-10-17(25-2)11-9-16)26-13-18(24)20-12-15-6-4-3-5-7-15/h8-11,15H,3-7,12-13H2,1-2H3,(H,20,24). The molecule has 1 heterocycles. The number of nitrogens with zero attached hydrogens (tertiary/aromatic N) is 3. The highest BCUT2D eigenvalue weighted by Crippen LogP contribution is 2.24. The van der Waals surface area contributed by atoms with Crippen molar-refractivity contribution in [3.63, 3.8) is 0 Å². The molecule has 0 bridgehead atoms. The van der Waals surface area contributed by atoms with Gasteiger partial charge in [0, 0.05) is 12.2 Å². The summed E-state index contributed by atoms with van der Waals surface area (Å²) in [5.41, 5.74) is 0.957. The molecule has 0 unspecified atom stereocenters. The normalized spacial score (nSPS) is 15.0. The van der Waals surface area contributed by atoms with Crippen molar-refractivity contribution in [1.82, 2.24) is 20.1 Å². The molecule has 1 aromatic carbocycles. The number of aromatic nitrogens is 3. The molecule has 140 valence electrons. The van der Waals surface area contributed by atoms with Crippen molar-refractivity contribution in [3.05, 3.63) is 30.1 Å². The van der Waals surface area contributed by atoms with Gasteiger partial charge < -0.3 is 10.1 Å². The Kier molecular flexibility index (Phi) is 6.55. The molecule has 0 spiro atoms. The molecule has 26 heavy (non-hydrogen) atoms. The van der Waals surface area contributed by atoms with Crippen LogP contribution in [0.3, 0.4) is 0 Å². The van der Waals surface area contributed by atoms with Crippen LogP contribution in [0.4, 0.5) is 0 Å². The molecule has 1 fully saturated rings. The van der Waals surface area contributed by atoms with Crippen LogP contribution in [0.25, 0.3) is 5.69 Å². The van der Waals surface area contributed by atoms with E-state index < -0.39 is 0 Å². The molecule has 0 aliphatic heterocycles. The van der Waals surface area contributed by atoms with Crippen molar-refractivity contribution in [2.45, 2.75) is 44.2 Å². The Balaban J connectivity index is 1.57. The van der Waals surface area contributed by atoms with E-state index in [1.165, 1.54) is 43.9 Å². The van der Waals surface area contributed by atoms with Crippen LogP contribution in [-0.2, 0) is 4.79 Å². The van der Waals surface area contributed by atoms with E-state index >= 15 is 0 Å². The molecule has 0 atom stereocenters. The molecule has 6 nitrogen and oxygen atoms in total. The molecule has 7 heteroatoms. The second-order valence-corrected chi connectivity index (χ2v) is 7.60. The Morgan fingerprint density at radius 2 is 1.96 bits per heavy atom. The number of hydrogen-bond acceptors (Lipinski definition) is 5. The summed E-state index contributed by atoms with van der Waals surface area (Å²) in [6.45, 7) is 2.70. The minimum Gasteiger partial charge on any atom is -0.497 e. The number of methoxy groups -OCH3 is 1. The fourth-order valence-electron chi connectivity index (χ4n) is 3.30. The number of hydrogen-bond donors (Lipinski definition) is 1. The van der Waals surface area contributed by atoms with Crippen LogP contribution < -0.4 is 10.1 Å². The summed E-state index contributed by atoms with van der Waals surface area (Å²) in [6, 6.07) is 7.73. The average molecular weight is 375 g/mol. The summed E-state index contributed by atoms with van der Waals surface area (Å²) in [5.74, 6) is 2.64. The van der Waals surface area contributed by atoms with Crippen molar-refractivity contribution in [2.75, 3.05) is 19.4 Å². The summed E-state index contributed by atoms with van der Waals surface area (Å²) >= 11 is 1.41. The van der Waals surface area contributed by atoms with Crippen molar-refractivity contribution in [1.29, 1.82) is 0 Å². The molecule has 0 radical (unpaired) electrons. The maximum absolute atomic E-state index is 12.2. The average Bonchev–Trinajstić information content (AvgIpc) is 3.06. The number of benzene rings is 1. The Bertz CT molecular complexity index is 724. The number of rotatable bonds is 7. The fraction of sp³-hybridized carbons (Fsp3) is 0.526. The number of thioether (sulfide) groups is 1. The number of amides is 1. The smallest absolute Gasteiger partial charge is 0.230 e. The zero-order valence-electron chi connectivity index (χ0n) is 15.4. The number of aryl methyl sites for hydroxylation is 1. The van der Waals surface area contributed by atoms with Crippen LogP contribution in [0.5, 0.6) is 5.75 Å². The molecule has 0 saturated heterocycles. The van der Waals surface area contributed by atoms with Crippen LogP contribution in [-0.4, -0.2) is 40.1 Å². The first kappa shape index (κ1) is 18.8. The number of carbonyl (C=O) groups is 1. The van der Waals surface area contributed by atoms with E-state index in [0.29, 0.717) is 11.7 Å². The van der Waals surface area contributed by atoms with E-state index in [1.54, 1.807) is 7.11 Å². The third-order valence-electron chi connectivity index (χ3n) is 4.77. The zero-order chi connectivity index (χ0) is 18.4. The van der Waals surface area contributed by atoms with Gasteiger partial charge in [-0.05, 0) is 49.9 Å². The highest BCUT2D eigenvalue weighted by Gasteiger charge is 2.16. The summed E-state index contributed by atoms with van der Waals surface area (Å²) < 4.78 is 7.16. The van der Waals surface area contributed by atoms with E-state index in [9.17, 15) is 4.79 Å². The predicted molar refractivity (Wildman–Crippen MR) is 103 cm³/mol. The Morgan fingerprint density at radius 1 is 1.23 bits per heavy atom. The quantitative estimate of drug-likeness (QED) is 0.753. The molecule has 1 aliphatic rings. The van der Waals surface area contributed by atoms with Gasteiger partial charge in [0.2, 0.25) is 5.91 Å². The topological polar surface area (TPSA) is 69.0 Å². The van der Waals surface area contributed by atoms with E-state index in [2.05, 4.69) is 15.5 Å². The van der Waals surface area contributed by atoms with E-state index in [0.717, 1.165) is 29.0 Å². The molecule has 1 saturated carbocycles. The third-order valence-corrected chi connectivity index (χ3v) is 5.70. The van der Waals surface area contributed by atoms with Gasteiger partial charge in [-0.15, -0.1) is 10.2 Å². The molecule has 1 amide bonds. The summed E-state index contributed by atoms with van der Waals surface area (Å²) in [4.78, 5) is 12.2. The number of ether oxygens (including phenoxy) is 1. The SMILES string of the molecule is COc1ccc(-n2c(C)nnc2SCC(=O)NCC2CCCCC2)cc1. The van der Waals surface area contributed by atoms with Gasteiger partial charge in [0.05, 0.1) is 12.9 Å². The Labute approximate surface area is 158 Å². The minimum atomic E-state index is 0.0579. The van der Waals surface area contributed by atoms with Crippen molar-refractivity contribution in [2.24, 2.45) is 5.92 Å². The molecule has 1 N–H and O–H groups in total. The second-order valence-electron chi connectivity index (χ2n) is 6.66. The van der Waals surface area contributed by atoms with Gasteiger partial charge in [-0.2, -0.15) is 0 Å². The van der Waals surface area contributed by atoms with Gasteiger partial charge in [0.15, 0.2) is 5.16 Å². The van der Waals surface area contributed by atoms with Gasteiger partial charge in [-0.25, -0.2) is 0 Å². The van der Waals surface area contributed by atoms with Gasteiger partial charge in [0.1, 0.15) is 11.6 Å². The Morgan fingerprint density at radius 3 is 2.65 bits per heavy atom. The van der Waals surface area contributed by atoms with Crippen LogP contribution in [0.15, 0.2) is 29.4 Å². The lowest BCUT2D eigenvalue weighted by Gasteiger charge is -2.21. The molecule has 1 aliphatic carbocycles. The van der Waals surface area contributed by atoms with Crippen LogP contribution in [0.1, 0.15) is 37.9 Å². The lowest BCUT2D eigenvalue weighted by molar-refractivity contribution is -0.118. The maximum Gasteiger partial charge on any atom is 0.230 e. The number of carbonyl (C=O) groups excluding carboxylic acids is 1. The zero-order valence-corrected chi connectivity index (χ0v) is 16.2. The van der Waals surface area contributed by atoms with Crippen molar-refractivity contribution < 1.29 is 9.53 Å². The first-order valence-electron chi connectivity index (χ1n) is 9.13. The van der Waals surface area contributed by atoms with E-state index in [4.69, 9.17) is 4.74 Å². The lowest BCUT2D eigenvalue weighted by atomic mass is 9.89. The molecular weight excluding hydrogens is 348 g/mol. The van der Waals surface area contributed by atoms with Gasteiger partial charge in [-0.1, -0.05) is 31.0 Å². The van der Waals surface area contributed by atoms with Gasteiger partial charge >= 0.3 is 0 Å². The Hall–Kier alpha value is -2.02. The largest absolute Gasteiger partial charge is 0.497 e. The van der Waals surface area contributed by atoms with Gasteiger partial charge in [-0.3, -0.25) is 9.36 Å². The minimum absolute atomic E-state index is 0.0579. The van der Waals surface area contributed by atoms with E-state index in [-0.39, 0.29) is 5.91 Å². The summed E-state index contributed by atoms with van der Waals surface area (Å²) in [5, 5.41) is 12.2. The molecule has 3 rings (SSSR count). The van der Waals surface area contributed by atoms with Crippen LogP contribution >= 0.6 is 11.8 Å². The van der Waals surface area contributed by atoms with Gasteiger partial charge in [0.25, 0.3) is 0 Å². The first-order chi connectivity index (χ1) is 12.7. The van der Waals surface area contributed by atoms with Crippen LogP contribution in [0.2, 0.25) is 0 Å². The molecule has 1 aromatic heterocycles. The fourth-order valence-corrected chi connectivity index (χ4v) is 4.12. The molecule has 2 aromatic rings. The highest BCUT2D eigenvalue weighted by molar-refractivity contribution is 7.99. The maximum atomic E-state index is 12.2. The summed E-state index contributed by atoms with van der Waals surface area (Å²) in [7, 11) is 1.65. The van der Waals surface area contributed by atoms with Crippen LogP contribution in [0, 0.1) is 12.8 Å². The third kappa shape index (κ3) is 4.78. The number of nitrogens with one attached hydrogen (secondary N) is 1. The first-order valence-corrected chi connectivity index (χ1v) is 10.1. The second kappa shape index (κ2) is 9.07. The van der Waals surface area contributed by atoms with Crippen molar-refractivity contribution in [3.8, 4) is 11.4 Å². The van der Waals surface area contributed by atoms with Crippen molar-refractivity contribution >= 4 is 17.7 Å². The van der Waals surface area contributed by atoms with E-state index in [1.807, 2.05) is 35.8 Å². The lowest BCUT2D eigenvalue weighted by Crippen LogP contribution is -2.31.